The van der Waals surface area contributed by atoms with E-state index in [4.69, 9.17) is 5.73 Å². The third-order valence-corrected chi connectivity index (χ3v) is 2.59. The minimum Gasteiger partial charge on any atom is -0.327 e. The molecule has 66 valence electrons. The van der Waals surface area contributed by atoms with E-state index >= 15 is 0 Å². The largest absolute Gasteiger partial charge is 0.327 e. The van der Waals surface area contributed by atoms with Gasteiger partial charge in [0.2, 0.25) is 0 Å². The molecule has 0 atom stereocenters. The van der Waals surface area contributed by atoms with Gasteiger partial charge in [-0.25, -0.2) is 4.98 Å². The lowest BCUT2D eigenvalue weighted by molar-refractivity contribution is 1.02. The van der Waals surface area contributed by atoms with Gasteiger partial charge in [-0.2, -0.15) is 0 Å². The Morgan fingerprint density at radius 1 is 1.75 bits per heavy atom. The van der Waals surface area contributed by atoms with E-state index in [0.717, 1.165) is 17.1 Å². The highest BCUT2D eigenvalue weighted by atomic mass is 32.1. The number of rotatable bonds is 3. The summed E-state index contributed by atoms with van der Waals surface area (Å²) < 4.78 is 0. The van der Waals surface area contributed by atoms with Crippen molar-refractivity contribution in [3.05, 3.63) is 21.7 Å². The van der Waals surface area contributed by atoms with Gasteiger partial charge in [0.15, 0.2) is 0 Å². The lowest BCUT2D eigenvalue weighted by Gasteiger charge is -1.96. The minimum absolute atomic E-state index is 0.634. The maximum Gasteiger partial charge on any atom is 0.116 e. The molecule has 1 aromatic heterocycles. The van der Waals surface area contributed by atoms with Crippen LogP contribution in [0.2, 0.25) is 0 Å². The SMILES string of the molecule is CCC(=Cc1nc(C)cs1)CN. The Morgan fingerprint density at radius 3 is 2.92 bits per heavy atom. The molecular formula is C9H14N2S. The third kappa shape index (κ3) is 2.43. The van der Waals surface area contributed by atoms with Crippen LogP contribution < -0.4 is 5.73 Å². The molecule has 0 aliphatic heterocycles. The molecule has 0 bridgehead atoms. The fourth-order valence-electron chi connectivity index (χ4n) is 0.918. The summed E-state index contributed by atoms with van der Waals surface area (Å²) in [5.41, 5.74) is 7.88. The van der Waals surface area contributed by atoms with Crippen molar-refractivity contribution in [1.29, 1.82) is 0 Å². The van der Waals surface area contributed by atoms with E-state index < -0.39 is 0 Å². The molecule has 12 heavy (non-hydrogen) atoms. The van der Waals surface area contributed by atoms with E-state index in [1.54, 1.807) is 11.3 Å². The molecule has 0 aromatic carbocycles. The molecule has 3 heteroatoms. The lowest BCUT2D eigenvalue weighted by Crippen LogP contribution is -2.01. The predicted octanol–water partition coefficient (Wildman–Crippen LogP) is 2.20. The van der Waals surface area contributed by atoms with Gasteiger partial charge in [0.1, 0.15) is 5.01 Å². The van der Waals surface area contributed by atoms with Crippen LogP contribution in [0.4, 0.5) is 0 Å². The molecule has 0 amide bonds. The second-order valence-electron chi connectivity index (χ2n) is 2.69. The number of hydrogen-bond donors (Lipinski definition) is 1. The van der Waals surface area contributed by atoms with Crippen molar-refractivity contribution in [2.24, 2.45) is 5.73 Å². The number of aromatic nitrogens is 1. The fourth-order valence-corrected chi connectivity index (χ4v) is 1.69. The Labute approximate surface area is 77.1 Å². The first-order chi connectivity index (χ1) is 5.76. The summed E-state index contributed by atoms with van der Waals surface area (Å²) in [6.07, 6.45) is 3.09. The molecule has 2 nitrogen and oxygen atoms in total. The number of hydrogen-bond acceptors (Lipinski definition) is 3. The molecule has 0 saturated heterocycles. The van der Waals surface area contributed by atoms with Gasteiger partial charge in [0, 0.05) is 17.6 Å². The topological polar surface area (TPSA) is 38.9 Å². The second-order valence-corrected chi connectivity index (χ2v) is 3.58. The summed E-state index contributed by atoms with van der Waals surface area (Å²) in [4.78, 5) is 4.33. The number of nitrogens with zero attached hydrogens (tertiary/aromatic N) is 1. The zero-order chi connectivity index (χ0) is 8.97. The highest BCUT2D eigenvalue weighted by Gasteiger charge is 1.96. The van der Waals surface area contributed by atoms with Gasteiger partial charge in [-0.3, -0.25) is 0 Å². The summed E-state index contributed by atoms with van der Waals surface area (Å²) in [5, 5.41) is 3.12. The average molecular weight is 182 g/mol. The van der Waals surface area contributed by atoms with Crippen molar-refractivity contribution in [2.75, 3.05) is 6.54 Å². The number of aryl methyl sites for hydroxylation is 1. The van der Waals surface area contributed by atoms with Gasteiger partial charge in [0.25, 0.3) is 0 Å². The highest BCUT2D eigenvalue weighted by molar-refractivity contribution is 7.10. The average Bonchev–Trinajstić information content (AvgIpc) is 2.47. The molecule has 0 spiro atoms. The minimum atomic E-state index is 0.634. The predicted molar refractivity (Wildman–Crippen MR) is 54.2 cm³/mol. The molecule has 1 rings (SSSR count). The van der Waals surface area contributed by atoms with Gasteiger partial charge >= 0.3 is 0 Å². The Hall–Kier alpha value is -0.670. The molecule has 0 fully saturated rings. The first kappa shape index (κ1) is 9.42. The normalized spacial score (nSPS) is 12.1. The number of thiazole rings is 1. The van der Waals surface area contributed by atoms with Crippen molar-refractivity contribution in [3.63, 3.8) is 0 Å². The Bertz CT molecular complexity index is 270. The Morgan fingerprint density at radius 2 is 2.50 bits per heavy atom. The number of nitrogens with two attached hydrogens (primary N) is 1. The van der Waals surface area contributed by atoms with E-state index in [1.807, 2.05) is 6.92 Å². The summed E-state index contributed by atoms with van der Waals surface area (Å²) >= 11 is 1.67. The maximum atomic E-state index is 5.55. The van der Waals surface area contributed by atoms with Crippen LogP contribution >= 0.6 is 11.3 Å². The standard InChI is InChI=1S/C9H14N2S/c1-3-8(5-10)4-9-11-7(2)6-12-9/h4,6H,3,5,10H2,1-2H3. The van der Waals surface area contributed by atoms with Gasteiger partial charge < -0.3 is 5.73 Å². The summed E-state index contributed by atoms with van der Waals surface area (Å²) in [6, 6.07) is 0. The van der Waals surface area contributed by atoms with Gasteiger partial charge in [-0.05, 0) is 19.4 Å². The van der Waals surface area contributed by atoms with E-state index in [0.29, 0.717) is 6.54 Å². The molecule has 0 radical (unpaired) electrons. The smallest absolute Gasteiger partial charge is 0.116 e. The summed E-state index contributed by atoms with van der Waals surface area (Å²) in [5.74, 6) is 0. The van der Waals surface area contributed by atoms with E-state index in [2.05, 4.69) is 23.4 Å². The van der Waals surface area contributed by atoms with E-state index in [1.165, 1.54) is 5.57 Å². The zero-order valence-electron chi connectivity index (χ0n) is 7.50. The Balaban J connectivity index is 2.78. The van der Waals surface area contributed by atoms with Crippen molar-refractivity contribution in [1.82, 2.24) is 4.98 Å². The molecular weight excluding hydrogens is 168 g/mol. The van der Waals surface area contributed by atoms with Crippen LogP contribution in [-0.2, 0) is 0 Å². The fraction of sp³-hybridized carbons (Fsp3) is 0.444. The Kier molecular flexibility index (Phi) is 3.44. The zero-order valence-corrected chi connectivity index (χ0v) is 8.32. The van der Waals surface area contributed by atoms with Crippen LogP contribution in [0.1, 0.15) is 24.0 Å². The summed E-state index contributed by atoms with van der Waals surface area (Å²) in [7, 11) is 0. The molecule has 0 aliphatic carbocycles. The first-order valence-electron chi connectivity index (χ1n) is 4.08. The maximum absolute atomic E-state index is 5.55. The molecule has 1 aromatic rings. The third-order valence-electron chi connectivity index (χ3n) is 1.68. The van der Waals surface area contributed by atoms with Crippen LogP contribution in [0, 0.1) is 6.92 Å². The summed E-state index contributed by atoms with van der Waals surface area (Å²) in [6.45, 7) is 4.75. The lowest BCUT2D eigenvalue weighted by atomic mass is 10.2. The molecule has 2 N–H and O–H groups in total. The molecule has 0 saturated carbocycles. The van der Waals surface area contributed by atoms with Crippen LogP contribution in [-0.4, -0.2) is 11.5 Å². The van der Waals surface area contributed by atoms with Crippen molar-refractivity contribution in [3.8, 4) is 0 Å². The molecule has 0 unspecified atom stereocenters. The van der Waals surface area contributed by atoms with Gasteiger partial charge in [0.05, 0.1) is 0 Å². The van der Waals surface area contributed by atoms with E-state index in [-0.39, 0.29) is 0 Å². The van der Waals surface area contributed by atoms with Crippen molar-refractivity contribution < 1.29 is 0 Å². The van der Waals surface area contributed by atoms with Crippen molar-refractivity contribution in [2.45, 2.75) is 20.3 Å². The molecule has 0 aliphatic rings. The van der Waals surface area contributed by atoms with Crippen molar-refractivity contribution >= 4 is 17.4 Å². The molecule has 1 heterocycles. The quantitative estimate of drug-likeness (QED) is 0.778. The van der Waals surface area contributed by atoms with Gasteiger partial charge in [-0.15, -0.1) is 11.3 Å². The van der Waals surface area contributed by atoms with E-state index in [9.17, 15) is 0 Å². The van der Waals surface area contributed by atoms with Crippen LogP contribution in [0.3, 0.4) is 0 Å². The second kappa shape index (κ2) is 4.38. The van der Waals surface area contributed by atoms with Gasteiger partial charge in [-0.1, -0.05) is 12.5 Å². The van der Waals surface area contributed by atoms with Crippen LogP contribution in [0.15, 0.2) is 11.0 Å². The first-order valence-corrected chi connectivity index (χ1v) is 4.96. The van der Waals surface area contributed by atoms with Crippen LogP contribution in [0.5, 0.6) is 0 Å². The van der Waals surface area contributed by atoms with Crippen LogP contribution in [0.25, 0.3) is 6.08 Å². The monoisotopic (exact) mass is 182 g/mol. The highest BCUT2D eigenvalue weighted by Crippen LogP contribution is 2.13.